The van der Waals surface area contributed by atoms with Gasteiger partial charge in [0.2, 0.25) is 0 Å². The number of carbonyl (C=O) groups is 2. The van der Waals surface area contributed by atoms with E-state index < -0.39 is 0 Å². The summed E-state index contributed by atoms with van der Waals surface area (Å²) in [6.07, 6.45) is 0. The van der Waals surface area contributed by atoms with E-state index >= 15 is 0 Å². The molecule has 2 N–H and O–H groups in total. The third-order valence-corrected chi connectivity index (χ3v) is 4.82. The number of nitrogens with one attached hydrogen (secondary N) is 2. The van der Waals surface area contributed by atoms with Gasteiger partial charge in [-0.2, -0.15) is 0 Å². The van der Waals surface area contributed by atoms with Crippen LogP contribution in [0, 0.1) is 6.92 Å². The Labute approximate surface area is 159 Å². The molecule has 0 spiro atoms. The number of carbonyl (C=O) groups excluding carboxylic acids is 2. The molecule has 3 rings (SSSR count). The van der Waals surface area contributed by atoms with E-state index in [9.17, 15) is 9.59 Å². The van der Waals surface area contributed by atoms with E-state index in [0.29, 0.717) is 36.6 Å². The number of aryl methyl sites for hydroxylation is 1. The molecular weight excluding hydrogens is 342 g/mol. The first-order valence-corrected chi connectivity index (χ1v) is 9.19. The van der Waals surface area contributed by atoms with E-state index in [1.54, 1.807) is 7.11 Å². The van der Waals surface area contributed by atoms with Crippen LogP contribution >= 0.6 is 0 Å². The van der Waals surface area contributed by atoms with Gasteiger partial charge in [0.1, 0.15) is 5.75 Å². The maximum Gasteiger partial charge on any atom is 0.279 e. The molecule has 0 radical (unpaired) electrons. The fourth-order valence-electron chi connectivity index (χ4n) is 3.31. The van der Waals surface area contributed by atoms with Gasteiger partial charge in [0.15, 0.2) is 6.54 Å². The van der Waals surface area contributed by atoms with Gasteiger partial charge in [0.25, 0.3) is 11.8 Å². The van der Waals surface area contributed by atoms with E-state index in [-0.39, 0.29) is 11.8 Å². The number of hydrogen-bond acceptors (Lipinski definition) is 3. The summed E-state index contributed by atoms with van der Waals surface area (Å²) in [5, 5.41) is 2.94. The molecule has 2 amide bonds. The lowest BCUT2D eigenvalue weighted by molar-refractivity contribution is -0.895. The third-order valence-electron chi connectivity index (χ3n) is 4.82. The van der Waals surface area contributed by atoms with Crippen molar-refractivity contribution in [2.75, 3.05) is 45.2 Å². The van der Waals surface area contributed by atoms with Crippen LogP contribution in [-0.4, -0.2) is 56.5 Å². The molecule has 0 atom stereocenters. The van der Waals surface area contributed by atoms with Gasteiger partial charge in [-0.15, -0.1) is 0 Å². The van der Waals surface area contributed by atoms with Gasteiger partial charge in [0, 0.05) is 5.56 Å². The van der Waals surface area contributed by atoms with Crippen LogP contribution in [0.1, 0.15) is 15.9 Å². The molecule has 6 heteroatoms. The van der Waals surface area contributed by atoms with E-state index in [1.807, 2.05) is 60.4 Å². The monoisotopic (exact) mass is 368 g/mol. The Bertz CT molecular complexity index is 800. The van der Waals surface area contributed by atoms with E-state index in [4.69, 9.17) is 4.74 Å². The van der Waals surface area contributed by atoms with Crippen molar-refractivity contribution in [1.82, 2.24) is 4.90 Å². The number of ether oxygens (including phenoxy) is 1. The van der Waals surface area contributed by atoms with Crippen LogP contribution in [0.4, 0.5) is 5.69 Å². The van der Waals surface area contributed by atoms with Crippen LogP contribution in [-0.2, 0) is 4.79 Å². The Morgan fingerprint density at radius 1 is 1.11 bits per heavy atom. The molecule has 1 saturated heterocycles. The minimum atomic E-state index is -0.0447. The molecule has 0 bridgehead atoms. The molecule has 142 valence electrons. The van der Waals surface area contributed by atoms with Gasteiger partial charge in [-0.25, -0.2) is 0 Å². The standard InChI is InChI=1S/C21H25N3O3/c1-16-8-9-19(27-2)18(14-16)22-20(25)15-23-10-12-24(13-11-23)21(26)17-6-4-3-5-7-17/h3-9,14H,10-13,15H2,1-2H3,(H,22,25)/p+1. The Morgan fingerprint density at radius 3 is 2.48 bits per heavy atom. The summed E-state index contributed by atoms with van der Waals surface area (Å²) >= 11 is 0. The summed E-state index contributed by atoms with van der Waals surface area (Å²) in [4.78, 5) is 28.0. The maximum absolute atomic E-state index is 12.5. The van der Waals surface area contributed by atoms with Gasteiger partial charge < -0.3 is 19.9 Å². The van der Waals surface area contributed by atoms with Crippen LogP contribution in [0.5, 0.6) is 5.75 Å². The summed E-state index contributed by atoms with van der Waals surface area (Å²) in [6.45, 7) is 5.19. The van der Waals surface area contributed by atoms with Crippen molar-refractivity contribution < 1.29 is 19.2 Å². The zero-order chi connectivity index (χ0) is 19.2. The van der Waals surface area contributed by atoms with Gasteiger partial charge in [-0.1, -0.05) is 24.3 Å². The quantitative estimate of drug-likeness (QED) is 0.827. The van der Waals surface area contributed by atoms with Crippen molar-refractivity contribution in [3.8, 4) is 5.75 Å². The molecule has 1 heterocycles. The van der Waals surface area contributed by atoms with E-state index in [0.717, 1.165) is 18.7 Å². The van der Waals surface area contributed by atoms with Gasteiger partial charge in [-0.05, 0) is 36.8 Å². The topological polar surface area (TPSA) is 63.1 Å². The predicted octanol–water partition coefficient (Wildman–Crippen LogP) is 0.983. The average molecular weight is 368 g/mol. The molecule has 0 saturated carbocycles. The molecular formula is C21H26N3O3+. The number of piperazine rings is 1. The Hall–Kier alpha value is -2.86. The van der Waals surface area contributed by atoms with Crippen LogP contribution in [0.15, 0.2) is 48.5 Å². The first-order valence-electron chi connectivity index (χ1n) is 9.19. The number of amides is 2. The molecule has 1 aliphatic heterocycles. The summed E-state index contributed by atoms with van der Waals surface area (Å²) < 4.78 is 5.31. The van der Waals surface area contributed by atoms with Crippen molar-refractivity contribution in [2.45, 2.75) is 6.92 Å². The number of rotatable bonds is 5. The lowest BCUT2D eigenvalue weighted by Gasteiger charge is -2.32. The van der Waals surface area contributed by atoms with Crippen LogP contribution in [0.2, 0.25) is 0 Å². The highest BCUT2D eigenvalue weighted by Crippen LogP contribution is 2.24. The molecule has 0 aliphatic carbocycles. The smallest absolute Gasteiger partial charge is 0.279 e. The van der Waals surface area contributed by atoms with Crippen LogP contribution in [0.3, 0.4) is 0 Å². The second kappa shape index (κ2) is 8.68. The number of benzene rings is 2. The van der Waals surface area contributed by atoms with Crippen molar-refractivity contribution >= 4 is 17.5 Å². The predicted molar refractivity (Wildman–Crippen MR) is 104 cm³/mol. The molecule has 2 aromatic carbocycles. The Balaban J connectivity index is 1.51. The molecule has 27 heavy (non-hydrogen) atoms. The normalized spacial score (nSPS) is 14.7. The SMILES string of the molecule is COc1ccc(C)cc1NC(=O)C[NH+]1CCN(C(=O)c2ccccc2)CC1. The Morgan fingerprint density at radius 2 is 1.81 bits per heavy atom. The van der Waals surface area contributed by atoms with Crippen molar-refractivity contribution in [3.63, 3.8) is 0 Å². The van der Waals surface area contributed by atoms with Crippen LogP contribution in [0.25, 0.3) is 0 Å². The van der Waals surface area contributed by atoms with Gasteiger partial charge in [0.05, 0.1) is 39.0 Å². The second-order valence-electron chi connectivity index (χ2n) is 6.84. The zero-order valence-electron chi connectivity index (χ0n) is 15.8. The zero-order valence-corrected chi connectivity index (χ0v) is 15.8. The van der Waals surface area contributed by atoms with Gasteiger partial charge >= 0.3 is 0 Å². The highest BCUT2D eigenvalue weighted by Gasteiger charge is 2.26. The average Bonchev–Trinajstić information content (AvgIpc) is 2.69. The summed E-state index contributed by atoms with van der Waals surface area (Å²) in [5.41, 5.74) is 2.47. The highest BCUT2D eigenvalue weighted by molar-refractivity contribution is 5.94. The summed E-state index contributed by atoms with van der Waals surface area (Å²) in [5.74, 6) is 0.669. The molecule has 6 nitrogen and oxygen atoms in total. The van der Waals surface area contributed by atoms with Crippen molar-refractivity contribution in [3.05, 3.63) is 59.7 Å². The third kappa shape index (κ3) is 4.86. The molecule has 0 unspecified atom stereocenters. The minimum Gasteiger partial charge on any atom is -0.495 e. The maximum atomic E-state index is 12.5. The van der Waals surface area contributed by atoms with Crippen molar-refractivity contribution in [2.24, 2.45) is 0 Å². The lowest BCUT2D eigenvalue weighted by Crippen LogP contribution is -3.15. The number of quaternary nitrogens is 1. The molecule has 1 aliphatic rings. The Kier molecular flexibility index (Phi) is 6.08. The number of methoxy groups -OCH3 is 1. The number of hydrogen-bond donors (Lipinski definition) is 2. The van der Waals surface area contributed by atoms with Gasteiger partial charge in [-0.3, -0.25) is 9.59 Å². The summed E-state index contributed by atoms with van der Waals surface area (Å²) in [7, 11) is 1.59. The van der Waals surface area contributed by atoms with E-state index in [1.165, 1.54) is 4.90 Å². The first kappa shape index (κ1) is 18.9. The first-order chi connectivity index (χ1) is 13.1. The van der Waals surface area contributed by atoms with Crippen LogP contribution < -0.4 is 15.0 Å². The fourth-order valence-corrected chi connectivity index (χ4v) is 3.31. The molecule has 1 fully saturated rings. The summed E-state index contributed by atoms with van der Waals surface area (Å²) in [6, 6.07) is 15.0. The lowest BCUT2D eigenvalue weighted by atomic mass is 10.2. The fraction of sp³-hybridized carbons (Fsp3) is 0.333. The van der Waals surface area contributed by atoms with E-state index in [2.05, 4.69) is 5.32 Å². The number of nitrogens with zero attached hydrogens (tertiary/aromatic N) is 1. The molecule has 0 aromatic heterocycles. The second-order valence-corrected chi connectivity index (χ2v) is 6.84. The molecule has 2 aromatic rings. The minimum absolute atomic E-state index is 0.0447. The largest absolute Gasteiger partial charge is 0.495 e. The van der Waals surface area contributed by atoms with Crippen molar-refractivity contribution in [1.29, 1.82) is 0 Å². The number of anilines is 1. The highest BCUT2D eigenvalue weighted by atomic mass is 16.5.